The number of hydrogen-bond acceptors (Lipinski definition) is 4. The van der Waals surface area contributed by atoms with Gasteiger partial charge in [-0.15, -0.1) is 5.10 Å². The molecule has 16 heavy (non-hydrogen) atoms. The van der Waals surface area contributed by atoms with Gasteiger partial charge in [-0.2, -0.15) is 10.2 Å². The van der Waals surface area contributed by atoms with Gasteiger partial charge in [-0.1, -0.05) is 18.5 Å². The minimum atomic E-state index is 0.582. The second kappa shape index (κ2) is 5.05. The molecule has 84 valence electrons. The fraction of sp³-hybridized carbons (Fsp3) is 0.300. The Morgan fingerprint density at radius 1 is 1.38 bits per heavy atom. The van der Waals surface area contributed by atoms with E-state index in [4.69, 9.17) is 11.6 Å². The first-order valence-electron chi connectivity index (χ1n) is 5.03. The number of nitrogens with zero attached hydrogens (tertiary/aromatic N) is 4. The lowest BCUT2D eigenvalue weighted by atomic mass is 10.4. The van der Waals surface area contributed by atoms with Crippen molar-refractivity contribution in [3.05, 3.63) is 35.2 Å². The first kappa shape index (κ1) is 11.0. The van der Waals surface area contributed by atoms with Gasteiger partial charge in [-0.05, 0) is 18.7 Å². The van der Waals surface area contributed by atoms with E-state index < -0.39 is 0 Å². The highest BCUT2D eigenvalue weighted by Gasteiger charge is 2.01. The Bertz CT molecular complexity index is 450. The lowest BCUT2D eigenvalue weighted by molar-refractivity contribution is 0.692. The largest absolute Gasteiger partial charge is 0.311 e. The van der Waals surface area contributed by atoms with Crippen LogP contribution in [0.25, 0.3) is 5.82 Å². The van der Waals surface area contributed by atoms with Gasteiger partial charge in [-0.3, -0.25) is 0 Å². The smallest absolute Gasteiger partial charge is 0.175 e. The van der Waals surface area contributed by atoms with E-state index in [2.05, 4.69) is 20.6 Å². The second-order valence-electron chi connectivity index (χ2n) is 3.27. The maximum absolute atomic E-state index is 5.77. The molecule has 6 heteroatoms. The molecule has 1 N–H and O–H groups in total. The Morgan fingerprint density at radius 2 is 2.25 bits per heavy atom. The quantitative estimate of drug-likeness (QED) is 0.874. The Kier molecular flexibility index (Phi) is 3.48. The van der Waals surface area contributed by atoms with Crippen molar-refractivity contribution in [2.75, 3.05) is 6.54 Å². The Balaban J connectivity index is 2.13. The van der Waals surface area contributed by atoms with Gasteiger partial charge in [0.05, 0.1) is 23.1 Å². The number of hydrogen-bond donors (Lipinski definition) is 1. The fourth-order valence-corrected chi connectivity index (χ4v) is 1.38. The molecule has 0 radical (unpaired) electrons. The van der Waals surface area contributed by atoms with Gasteiger partial charge < -0.3 is 5.32 Å². The monoisotopic (exact) mass is 237 g/mol. The Morgan fingerprint density at radius 3 is 2.81 bits per heavy atom. The standard InChI is InChI=1S/C10H12ClN5/c1-2-12-6-9-3-4-10(15-14-9)16-7-8(11)5-13-16/h3-5,7,12H,2,6H2,1H3. The summed E-state index contributed by atoms with van der Waals surface area (Å²) in [5.41, 5.74) is 0.906. The Labute approximate surface area is 98.5 Å². The van der Waals surface area contributed by atoms with Gasteiger partial charge in [-0.25, -0.2) is 4.68 Å². The van der Waals surface area contributed by atoms with Crippen molar-refractivity contribution in [2.24, 2.45) is 0 Å². The van der Waals surface area contributed by atoms with Crippen LogP contribution >= 0.6 is 11.6 Å². The third kappa shape index (κ3) is 2.56. The van der Waals surface area contributed by atoms with E-state index in [0.29, 0.717) is 10.8 Å². The van der Waals surface area contributed by atoms with Crippen LogP contribution in [0.15, 0.2) is 24.5 Å². The molecule has 2 rings (SSSR count). The summed E-state index contributed by atoms with van der Waals surface area (Å²) in [6, 6.07) is 3.78. The molecule has 0 aliphatic rings. The molecule has 0 aromatic carbocycles. The van der Waals surface area contributed by atoms with Crippen LogP contribution in [0.3, 0.4) is 0 Å². The van der Waals surface area contributed by atoms with Crippen molar-refractivity contribution in [3.8, 4) is 5.82 Å². The van der Waals surface area contributed by atoms with E-state index in [9.17, 15) is 0 Å². The molecule has 0 amide bonds. The highest BCUT2D eigenvalue weighted by atomic mass is 35.5. The van der Waals surface area contributed by atoms with Gasteiger partial charge in [0.1, 0.15) is 0 Å². The summed E-state index contributed by atoms with van der Waals surface area (Å²) in [6.07, 6.45) is 3.26. The predicted octanol–water partition coefficient (Wildman–Crippen LogP) is 1.43. The van der Waals surface area contributed by atoms with Crippen molar-refractivity contribution in [1.29, 1.82) is 0 Å². The molecule has 0 saturated heterocycles. The molecule has 0 fully saturated rings. The molecule has 0 bridgehead atoms. The first-order valence-corrected chi connectivity index (χ1v) is 5.41. The van der Waals surface area contributed by atoms with E-state index in [1.165, 1.54) is 0 Å². The maximum Gasteiger partial charge on any atom is 0.175 e. The lowest BCUT2D eigenvalue weighted by Crippen LogP contribution is -2.13. The SMILES string of the molecule is CCNCc1ccc(-n2cc(Cl)cn2)nn1. The molecular formula is C10H12ClN5. The summed E-state index contributed by atoms with van der Waals surface area (Å²) in [5, 5.41) is 16.0. The molecule has 0 atom stereocenters. The topological polar surface area (TPSA) is 55.6 Å². The van der Waals surface area contributed by atoms with Crippen molar-refractivity contribution >= 4 is 11.6 Å². The van der Waals surface area contributed by atoms with Crippen LogP contribution in [0.2, 0.25) is 5.02 Å². The second-order valence-corrected chi connectivity index (χ2v) is 3.70. The molecule has 2 aromatic rings. The average molecular weight is 238 g/mol. The van der Waals surface area contributed by atoms with E-state index in [1.807, 2.05) is 19.1 Å². The summed E-state index contributed by atoms with van der Waals surface area (Å²) in [6.45, 7) is 3.69. The van der Waals surface area contributed by atoms with E-state index >= 15 is 0 Å². The van der Waals surface area contributed by atoms with Gasteiger partial charge in [0.2, 0.25) is 0 Å². The van der Waals surface area contributed by atoms with Gasteiger partial charge in [0.15, 0.2) is 5.82 Å². The van der Waals surface area contributed by atoms with Crippen LogP contribution in [0.5, 0.6) is 0 Å². The third-order valence-electron chi connectivity index (χ3n) is 2.05. The van der Waals surface area contributed by atoms with Crippen molar-refractivity contribution in [2.45, 2.75) is 13.5 Å². The summed E-state index contributed by atoms with van der Waals surface area (Å²) in [5.74, 6) is 0.659. The molecule has 5 nitrogen and oxygen atoms in total. The van der Waals surface area contributed by atoms with E-state index in [0.717, 1.165) is 18.8 Å². The van der Waals surface area contributed by atoms with Crippen molar-refractivity contribution < 1.29 is 0 Å². The summed E-state index contributed by atoms with van der Waals surface area (Å²) in [4.78, 5) is 0. The molecule has 2 heterocycles. The molecule has 0 spiro atoms. The van der Waals surface area contributed by atoms with Crippen LogP contribution < -0.4 is 5.32 Å². The van der Waals surface area contributed by atoms with Crippen molar-refractivity contribution in [3.63, 3.8) is 0 Å². The van der Waals surface area contributed by atoms with Gasteiger partial charge in [0, 0.05) is 6.54 Å². The molecule has 0 aliphatic heterocycles. The molecule has 0 aliphatic carbocycles. The van der Waals surface area contributed by atoms with Crippen LogP contribution in [-0.4, -0.2) is 26.5 Å². The van der Waals surface area contributed by atoms with Crippen LogP contribution in [0.1, 0.15) is 12.6 Å². The highest BCUT2D eigenvalue weighted by Crippen LogP contribution is 2.09. The van der Waals surface area contributed by atoms with Gasteiger partial charge in [0.25, 0.3) is 0 Å². The average Bonchev–Trinajstić information content (AvgIpc) is 2.74. The normalized spacial score (nSPS) is 10.6. The number of rotatable bonds is 4. The lowest BCUT2D eigenvalue weighted by Gasteiger charge is -2.02. The minimum absolute atomic E-state index is 0.582. The van der Waals surface area contributed by atoms with Crippen LogP contribution in [0.4, 0.5) is 0 Å². The van der Waals surface area contributed by atoms with E-state index in [1.54, 1.807) is 17.1 Å². The Hall–Kier alpha value is -1.46. The zero-order valence-corrected chi connectivity index (χ0v) is 9.65. The highest BCUT2D eigenvalue weighted by molar-refractivity contribution is 6.30. The summed E-state index contributed by atoms with van der Waals surface area (Å²) < 4.78 is 1.59. The first-order chi connectivity index (χ1) is 7.79. The number of halogens is 1. The maximum atomic E-state index is 5.77. The zero-order chi connectivity index (χ0) is 11.4. The number of aromatic nitrogens is 4. The summed E-state index contributed by atoms with van der Waals surface area (Å²) in [7, 11) is 0. The van der Waals surface area contributed by atoms with Gasteiger partial charge >= 0.3 is 0 Å². The summed E-state index contributed by atoms with van der Waals surface area (Å²) >= 11 is 5.77. The number of nitrogens with one attached hydrogen (secondary N) is 1. The molecule has 0 unspecified atom stereocenters. The minimum Gasteiger partial charge on any atom is -0.311 e. The fourth-order valence-electron chi connectivity index (χ4n) is 1.25. The molecule has 2 aromatic heterocycles. The van der Waals surface area contributed by atoms with E-state index in [-0.39, 0.29) is 0 Å². The predicted molar refractivity (Wildman–Crippen MR) is 61.5 cm³/mol. The zero-order valence-electron chi connectivity index (χ0n) is 8.89. The third-order valence-corrected chi connectivity index (χ3v) is 2.24. The van der Waals surface area contributed by atoms with Crippen LogP contribution in [-0.2, 0) is 6.54 Å². The van der Waals surface area contributed by atoms with Crippen LogP contribution in [0, 0.1) is 0 Å². The molecule has 0 saturated carbocycles. The molecular weight excluding hydrogens is 226 g/mol. The van der Waals surface area contributed by atoms with Crippen molar-refractivity contribution in [1.82, 2.24) is 25.3 Å².